The molecule has 0 unspecified atom stereocenters. The van der Waals surface area contributed by atoms with Crippen molar-refractivity contribution in [3.8, 4) is 22.8 Å². The predicted molar refractivity (Wildman–Crippen MR) is 161 cm³/mol. The summed E-state index contributed by atoms with van der Waals surface area (Å²) >= 11 is 0. The van der Waals surface area contributed by atoms with Gasteiger partial charge in [0.05, 0.1) is 48.8 Å². The highest BCUT2D eigenvalue weighted by Gasteiger charge is 2.29. The Morgan fingerprint density at radius 1 is 1.05 bits per heavy atom. The molecule has 0 saturated carbocycles. The van der Waals surface area contributed by atoms with Gasteiger partial charge in [0.15, 0.2) is 5.82 Å². The van der Waals surface area contributed by atoms with Crippen LogP contribution in [-0.2, 0) is 16.5 Å². The summed E-state index contributed by atoms with van der Waals surface area (Å²) in [7, 11) is 3.53. The van der Waals surface area contributed by atoms with E-state index in [1.54, 1.807) is 19.5 Å². The number of pyridine rings is 3. The number of ether oxygens (including phenoxy) is 3. The van der Waals surface area contributed by atoms with E-state index < -0.39 is 5.60 Å². The van der Waals surface area contributed by atoms with Crippen molar-refractivity contribution in [2.24, 2.45) is 7.05 Å². The lowest BCUT2D eigenvalue weighted by Crippen LogP contribution is -2.37. The van der Waals surface area contributed by atoms with Gasteiger partial charge in [-0.05, 0) is 52.3 Å². The van der Waals surface area contributed by atoms with Gasteiger partial charge in [-0.2, -0.15) is 5.10 Å². The zero-order valence-corrected chi connectivity index (χ0v) is 25.1. The SMILES string of the molecule is COc1ccncc1-c1cc2c(cnn2-c2cc3c(c(N4CCOCC4)n2)c(C)c(C(=O)OC(C)(C)C)n3C)c(C)n1. The standard InChI is InChI=1S/C31H35N7O4/c1-18-27-24(36(6)28(18)30(39)42-31(3,4)5)15-26(35-29(27)37-10-12-41-13-11-37)38-23-14-22(34-19(2)20(23)17-33-38)21-16-32-9-8-25(21)40-7/h8-9,14-17H,10-13H2,1-7H3. The molecule has 11 heteroatoms. The van der Waals surface area contributed by atoms with Crippen LogP contribution >= 0.6 is 0 Å². The van der Waals surface area contributed by atoms with Crippen molar-refractivity contribution < 1.29 is 19.0 Å². The molecule has 6 rings (SSSR count). The number of fused-ring (bicyclic) bond motifs is 2. The molecule has 218 valence electrons. The quantitative estimate of drug-likeness (QED) is 0.276. The fraction of sp³-hybridized carbons (Fsp3) is 0.387. The van der Waals surface area contributed by atoms with Gasteiger partial charge in [0.1, 0.15) is 22.9 Å². The van der Waals surface area contributed by atoms with Gasteiger partial charge in [0, 0.05) is 55.1 Å². The van der Waals surface area contributed by atoms with Crippen molar-refractivity contribution in [1.29, 1.82) is 0 Å². The van der Waals surface area contributed by atoms with E-state index in [0.717, 1.165) is 50.1 Å². The molecule has 0 aliphatic carbocycles. The number of hydrogen-bond acceptors (Lipinski definition) is 9. The molecule has 0 amide bonds. The van der Waals surface area contributed by atoms with Crippen molar-refractivity contribution in [1.82, 2.24) is 29.3 Å². The maximum Gasteiger partial charge on any atom is 0.355 e. The van der Waals surface area contributed by atoms with E-state index in [1.165, 1.54) is 0 Å². The number of aromatic nitrogens is 6. The summed E-state index contributed by atoms with van der Waals surface area (Å²) in [5.41, 5.74) is 4.77. The third-order valence-electron chi connectivity index (χ3n) is 7.55. The Labute approximate surface area is 244 Å². The summed E-state index contributed by atoms with van der Waals surface area (Å²) in [5.74, 6) is 1.74. The highest BCUT2D eigenvalue weighted by atomic mass is 16.6. The monoisotopic (exact) mass is 569 g/mol. The van der Waals surface area contributed by atoms with Crippen LogP contribution in [-0.4, -0.2) is 74.3 Å². The second-order valence-corrected chi connectivity index (χ2v) is 11.5. The van der Waals surface area contributed by atoms with Gasteiger partial charge >= 0.3 is 5.97 Å². The van der Waals surface area contributed by atoms with Gasteiger partial charge in [-0.15, -0.1) is 0 Å². The number of carbonyl (C=O) groups is 1. The molecule has 0 bridgehead atoms. The van der Waals surface area contributed by atoms with Crippen LogP contribution in [0, 0.1) is 13.8 Å². The zero-order chi connectivity index (χ0) is 29.8. The van der Waals surface area contributed by atoms with Gasteiger partial charge in [0.2, 0.25) is 0 Å². The first-order valence-electron chi connectivity index (χ1n) is 14.0. The highest BCUT2D eigenvalue weighted by molar-refractivity contribution is 6.04. The van der Waals surface area contributed by atoms with E-state index in [9.17, 15) is 4.79 Å². The molecule has 0 aromatic carbocycles. The molecule has 11 nitrogen and oxygen atoms in total. The van der Waals surface area contributed by atoms with E-state index in [4.69, 9.17) is 29.3 Å². The smallest absolute Gasteiger partial charge is 0.355 e. The lowest BCUT2D eigenvalue weighted by molar-refractivity contribution is 0.00586. The third kappa shape index (κ3) is 4.73. The van der Waals surface area contributed by atoms with Gasteiger partial charge in [-0.1, -0.05) is 0 Å². The Morgan fingerprint density at radius 2 is 1.81 bits per heavy atom. The molecule has 0 spiro atoms. The number of carbonyl (C=O) groups excluding carboxylic acids is 1. The minimum atomic E-state index is -0.620. The van der Waals surface area contributed by atoms with Crippen LogP contribution < -0.4 is 9.64 Å². The molecule has 0 radical (unpaired) electrons. The number of nitrogens with zero attached hydrogens (tertiary/aromatic N) is 7. The number of methoxy groups -OCH3 is 1. The molecular formula is C31H35N7O4. The molecule has 1 aliphatic heterocycles. The predicted octanol–water partition coefficient (Wildman–Crippen LogP) is 4.79. The van der Waals surface area contributed by atoms with Gasteiger partial charge in [-0.3, -0.25) is 9.97 Å². The Balaban J connectivity index is 1.58. The second kappa shape index (κ2) is 10.4. The molecule has 5 aromatic rings. The third-order valence-corrected chi connectivity index (χ3v) is 7.55. The maximum absolute atomic E-state index is 13.4. The maximum atomic E-state index is 13.4. The molecule has 0 N–H and O–H groups in total. The van der Waals surface area contributed by atoms with E-state index in [1.807, 2.05) is 75.3 Å². The molecule has 0 atom stereocenters. The first kappa shape index (κ1) is 27.6. The number of hydrogen-bond donors (Lipinski definition) is 0. The van der Waals surface area contributed by atoms with Crippen LogP contribution in [0.3, 0.4) is 0 Å². The lowest BCUT2D eigenvalue weighted by atomic mass is 10.1. The molecule has 6 heterocycles. The fourth-order valence-electron chi connectivity index (χ4n) is 5.60. The summed E-state index contributed by atoms with van der Waals surface area (Å²) in [4.78, 5) is 29.9. The number of anilines is 1. The average Bonchev–Trinajstić information content (AvgIpc) is 3.51. The van der Waals surface area contributed by atoms with Crippen molar-refractivity contribution in [2.45, 2.75) is 40.2 Å². The number of esters is 1. The van der Waals surface area contributed by atoms with Gasteiger partial charge < -0.3 is 23.7 Å². The Bertz CT molecular complexity index is 1830. The average molecular weight is 570 g/mol. The van der Waals surface area contributed by atoms with E-state index >= 15 is 0 Å². The van der Waals surface area contributed by atoms with E-state index in [0.29, 0.717) is 43.6 Å². The van der Waals surface area contributed by atoms with E-state index in [2.05, 4.69) is 9.88 Å². The van der Waals surface area contributed by atoms with Crippen molar-refractivity contribution >= 4 is 33.6 Å². The number of morpholine rings is 1. The van der Waals surface area contributed by atoms with Crippen LogP contribution in [0.1, 0.15) is 42.5 Å². The van der Waals surface area contributed by atoms with E-state index in [-0.39, 0.29) is 5.97 Å². The van der Waals surface area contributed by atoms with Crippen molar-refractivity contribution in [3.05, 3.63) is 53.7 Å². The fourth-order valence-corrected chi connectivity index (χ4v) is 5.60. The molecule has 5 aromatic heterocycles. The highest BCUT2D eigenvalue weighted by Crippen LogP contribution is 2.36. The zero-order valence-electron chi connectivity index (χ0n) is 25.1. The minimum Gasteiger partial charge on any atom is -0.496 e. The van der Waals surface area contributed by atoms with Crippen LogP contribution in [0.15, 0.2) is 36.8 Å². The van der Waals surface area contributed by atoms with Gasteiger partial charge in [0.25, 0.3) is 0 Å². The molecule has 1 aliphatic rings. The van der Waals surface area contributed by atoms with Crippen LogP contribution in [0.2, 0.25) is 0 Å². The second-order valence-electron chi connectivity index (χ2n) is 11.5. The summed E-state index contributed by atoms with van der Waals surface area (Å²) in [6, 6.07) is 5.78. The number of rotatable bonds is 5. The first-order chi connectivity index (χ1) is 20.1. The number of aryl methyl sites for hydroxylation is 3. The van der Waals surface area contributed by atoms with Crippen LogP contribution in [0.4, 0.5) is 5.82 Å². The summed E-state index contributed by atoms with van der Waals surface area (Å²) in [6.45, 7) is 12.1. The normalized spacial score (nSPS) is 14.1. The largest absolute Gasteiger partial charge is 0.496 e. The molecule has 42 heavy (non-hydrogen) atoms. The summed E-state index contributed by atoms with van der Waals surface area (Å²) in [6.07, 6.45) is 5.25. The topological polar surface area (TPSA) is 109 Å². The molecule has 1 saturated heterocycles. The van der Waals surface area contributed by atoms with Crippen molar-refractivity contribution in [3.63, 3.8) is 0 Å². The van der Waals surface area contributed by atoms with Crippen LogP contribution in [0.5, 0.6) is 5.75 Å². The Morgan fingerprint density at radius 3 is 2.52 bits per heavy atom. The summed E-state index contributed by atoms with van der Waals surface area (Å²) in [5, 5.41) is 6.59. The Kier molecular flexibility index (Phi) is 6.84. The molecule has 1 fully saturated rings. The minimum absolute atomic E-state index is 0.366. The van der Waals surface area contributed by atoms with Crippen LogP contribution in [0.25, 0.3) is 38.9 Å². The van der Waals surface area contributed by atoms with Crippen molar-refractivity contribution in [2.75, 3.05) is 38.3 Å². The lowest BCUT2D eigenvalue weighted by Gasteiger charge is -2.29. The first-order valence-corrected chi connectivity index (χ1v) is 14.0. The Hall–Kier alpha value is -4.51. The van der Waals surface area contributed by atoms with Gasteiger partial charge in [-0.25, -0.2) is 14.5 Å². The molecular weight excluding hydrogens is 534 g/mol. The summed E-state index contributed by atoms with van der Waals surface area (Å²) < 4.78 is 20.8.